The summed E-state index contributed by atoms with van der Waals surface area (Å²) in [6, 6.07) is 0. The summed E-state index contributed by atoms with van der Waals surface area (Å²) in [6.07, 6.45) is 0.845. The summed E-state index contributed by atoms with van der Waals surface area (Å²) in [5, 5.41) is 7.75. The van der Waals surface area contributed by atoms with Gasteiger partial charge in [-0.2, -0.15) is 4.31 Å². The fraction of sp³-hybridized carbons (Fsp3) is 1.00. The highest BCUT2D eigenvalue weighted by Crippen LogP contribution is 2.04. The van der Waals surface area contributed by atoms with Gasteiger partial charge < -0.3 is 9.84 Å². The molecule has 0 atom stereocenters. The molecule has 16 heavy (non-hydrogen) atoms. The molecule has 0 aliphatic carbocycles. The van der Waals surface area contributed by atoms with Gasteiger partial charge in [-0.25, -0.2) is 16.8 Å². The SMILES string of the molecule is COCCN(CCO)S(=O)(=O)CS(C)(=O)=O. The van der Waals surface area contributed by atoms with Gasteiger partial charge in [0.1, 0.15) is 0 Å². The molecule has 0 rings (SSSR count). The van der Waals surface area contributed by atoms with Crippen molar-refractivity contribution in [1.82, 2.24) is 4.31 Å². The van der Waals surface area contributed by atoms with E-state index >= 15 is 0 Å². The van der Waals surface area contributed by atoms with Crippen molar-refractivity contribution in [3.63, 3.8) is 0 Å². The van der Waals surface area contributed by atoms with Gasteiger partial charge in [0, 0.05) is 26.5 Å². The van der Waals surface area contributed by atoms with Crippen LogP contribution in [0.2, 0.25) is 0 Å². The first-order valence-electron chi connectivity index (χ1n) is 4.48. The van der Waals surface area contributed by atoms with Crippen LogP contribution in [-0.2, 0) is 24.6 Å². The molecule has 7 nitrogen and oxygen atoms in total. The van der Waals surface area contributed by atoms with Crippen LogP contribution < -0.4 is 0 Å². The summed E-state index contributed by atoms with van der Waals surface area (Å²) in [6.45, 7) is -0.341. The lowest BCUT2D eigenvalue weighted by Gasteiger charge is -2.20. The van der Waals surface area contributed by atoms with Gasteiger partial charge in [-0.05, 0) is 0 Å². The molecule has 0 heterocycles. The molecule has 0 aliphatic rings. The third kappa shape index (κ3) is 6.38. The van der Waals surface area contributed by atoms with Crippen LogP contribution in [0, 0.1) is 0 Å². The number of nitrogens with zero attached hydrogens (tertiary/aromatic N) is 1. The molecule has 0 unspecified atom stereocenters. The first kappa shape index (κ1) is 15.8. The highest BCUT2D eigenvalue weighted by atomic mass is 32.3. The second-order valence-corrected chi connectivity index (χ2v) is 7.75. The predicted molar refractivity (Wildman–Crippen MR) is 59.2 cm³/mol. The number of rotatable bonds is 8. The second kappa shape index (κ2) is 6.50. The Morgan fingerprint density at radius 3 is 2.12 bits per heavy atom. The van der Waals surface area contributed by atoms with Crippen molar-refractivity contribution in [3.8, 4) is 0 Å². The van der Waals surface area contributed by atoms with Gasteiger partial charge in [0.05, 0.1) is 13.2 Å². The van der Waals surface area contributed by atoms with Crippen LogP contribution in [-0.4, -0.2) is 71.0 Å². The number of hydrogen-bond acceptors (Lipinski definition) is 6. The Morgan fingerprint density at radius 2 is 1.75 bits per heavy atom. The van der Waals surface area contributed by atoms with Crippen LogP contribution in [0.4, 0.5) is 0 Å². The predicted octanol–water partition coefficient (Wildman–Crippen LogP) is -1.74. The van der Waals surface area contributed by atoms with Crippen LogP contribution in [0.5, 0.6) is 0 Å². The van der Waals surface area contributed by atoms with Gasteiger partial charge in [0.25, 0.3) is 0 Å². The van der Waals surface area contributed by atoms with E-state index in [2.05, 4.69) is 0 Å². The third-order valence-electron chi connectivity index (χ3n) is 1.65. The normalized spacial score (nSPS) is 13.2. The Balaban J connectivity index is 4.75. The molecule has 0 saturated carbocycles. The van der Waals surface area contributed by atoms with Gasteiger partial charge in [-0.15, -0.1) is 0 Å². The Morgan fingerprint density at radius 1 is 1.19 bits per heavy atom. The van der Waals surface area contributed by atoms with Crippen LogP contribution in [0.3, 0.4) is 0 Å². The number of ether oxygens (including phenoxy) is 1. The average molecular weight is 275 g/mol. The summed E-state index contributed by atoms with van der Waals surface area (Å²) in [5.74, 6) is 0. The highest BCUT2D eigenvalue weighted by molar-refractivity contribution is 8.06. The Bertz CT molecular complexity index is 387. The zero-order valence-electron chi connectivity index (χ0n) is 9.29. The number of aliphatic hydroxyl groups excluding tert-OH is 1. The summed E-state index contributed by atoms with van der Waals surface area (Å²) in [4.78, 5) is 0. The van der Waals surface area contributed by atoms with Gasteiger partial charge in [0.15, 0.2) is 14.9 Å². The molecule has 0 aromatic heterocycles. The van der Waals surface area contributed by atoms with E-state index in [9.17, 15) is 16.8 Å². The second-order valence-electron chi connectivity index (χ2n) is 3.27. The number of methoxy groups -OCH3 is 1. The Hall–Kier alpha value is -0.220. The summed E-state index contributed by atoms with van der Waals surface area (Å²) in [5.41, 5.74) is 0. The van der Waals surface area contributed by atoms with Gasteiger partial charge in [-0.1, -0.05) is 0 Å². The van der Waals surface area contributed by atoms with Gasteiger partial charge in [-0.3, -0.25) is 0 Å². The fourth-order valence-corrected chi connectivity index (χ4v) is 4.51. The van der Waals surface area contributed by atoms with Crippen LogP contribution in [0.25, 0.3) is 0 Å². The molecule has 0 aliphatic heterocycles. The topological polar surface area (TPSA) is 101 Å². The van der Waals surface area contributed by atoms with Crippen LogP contribution in [0.1, 0.15) is 0 Å². The van der Waals surface area contributed by atoms with Crippen molar-refractivity contribution in [2.75, 3.05) is 44.8 Å². The minimum Gasteiger partial charge on any atom is -0.395 e. The van der Waals surface area contributed by atoms with Crippen molar-refractivity contribution >= 4 is 19.9 Å². The molecule has 0 fully saturated rings. The standard InChI is InChI=1S/C7H17NO6S2/c1-14-6-4-8(3-5-9)16(12,13)7-15(2,10)11/h9H,3-7H2,1-2H3. The van der Waals surface area contributed by atoms with Crippen LogP contribution in [0.15, 0.2) is 0 Å². The molecular formula is C7H17NO6S2. The zero-order chi connectivity index (χ0) is 12.8. The summed E-state index contributed by atoms with van der Waals surface area (Å²) >= 11 is 0. The lowest BCUT2D eigenvalue weighted by atomic mass is 10.6. The minimum absolute atomic E-state index is 0.0227. The lowest BCUT2D eigenvalue weighted by molar-refractivity contribution is 0.169. The number of aliphatic hydroxyl groups is 1. The number of hydrogen-bond donors (Lipinski definition) is 1. The lowest BCUT2D eigenvalue weighted by Crippen LogP contribution is -2.39. The molecule has 0 aromatic rings. The maximum Gasteiger partial charge on any atom is 0.228 e. The molecule has 0 amide bonds. The quantitative estimate of drug-likeness (QED) is 0.564. The Labute approximate surface area is 96.0 Å². The molecular weight excluding hydrogens is 258 g/mol. The van der Waals surface area contributed by atoms with Crippen molar-refractivity contribution in [2.45, 2.75) is 0 Å². The molecule has 0 spiro atoms. The zero-order valence-corrected chi connectivity index (χ0v) is 10.9. The van der Waals surface area contributed by atoms with Crippen LogP contribution >= 0.6 is 0 Å². The Kier molecular flexibility index (Phi) is 6.41. The smallest absolute Gasteiger partial charge is 0.228 e. The molecule has 98 valence electrons. The molecule has 0 aromatic carbocycles. The van der Waals surface area contributed by atoms with E-state index in [0.29, 0.717) is 0 Å². The average Bonchev–Trinajstić information content (AvgIpc) is 2.07. The molecule has 1 N–H and O–H groups in total. The van der Waals surface area contributed by atoms with E-state index < -0.39 is 24.9 Å². The van der Waals surface area contributed by atoms with E-state index in [4.69, 9.17) is 9.84 Å². The highest BCUT2D eigenvalue weighted by Gasteiger charge is 2.25. The van der Waals surface area contributed by atoms with E-state index in [1.165, 1.54) is 7.11 Å². The van der Waals surface area contributed by atoms with Crippen molar-refractivity contribution in [1.29, 1.82) is 0 Å². The fourth-order valence-electron chi connectivity index (χ4n) is 1.04. The first-order chi connectivity index (χ1) is 7.23. The molecule has 9 heteroatoms. The van der Waals surface area contributed by atoms with Crippen molar-refractivity contribution in [2.24, 2.45) is 0 Å². The monoisotopic (exact) mass is 275 g/mol. The van der Waals surface area contributed by atoms with Crippen molar-refractivity contribution in [3.05, 3.63) is 0 Å². The molecule has 0 saturated heterocycles. The van der Waals surface area contributed by atoms with Crippen molar-refractivity contribution < 1.29 is 26.7 Å². The largest absolute Gasteiger partial charge is 0.395 e. The number of sulfone groups is 1. The summed E-state index contributed by atoms with van der Waals surface area (Å²) < 4.78 is 50.7. The molecule has 0 radical (unpaired) electrons. The minimum atomic E-state index is -3.91. The van der Waals surface area contributed by atoms with E-state index in [0.717, 1.165) is 10.6 Å². The van der Waals surface area contributed by atoms with E-state index in [1.54, 1.807) is 0 Å². The van der Waals surface area contributed by atoms with E-state index in [1.807, 2.05) is 0 Å². The first-order valence-corrected chi connectivity index (χ1v) is 8.15. The third-order valence-corrected chi connectivity index (χ3v) is 5.71. The maximum absolute atomic E-state index is 11.6. The van der Waals surface area contributed by atoms with E-state index in [-0.39, 0.29) is 26.3 Å². The van der Waals surface area contributed by atoms with Gasteiger partial charge in [0.2, 0.25) is 10.0 Å². The maximum atomic E-state index is 11.6. The van der Waals surface area contributed by atoms with Gasteiger partial charge >= 0.3 is 0 Å². The number of sulfonamides is 1. The summed E-state index contributed by atoms with van der Waals surface area (Å²) in [7, 11) is -6.13. The molecule has 0 bridgehead atoms.